The number of ether oxygens (including phenoxy) is 3. The zero-order chi connectivity index (χ0) is 59.8. The molecule has 0 heterocycles. The van der Waals surface area contributed by atoms with Crippen LogP contribution in [-0.2, 0) is 58.0 Å². The molecule has 0 fully saturated rings. The predicted molar refractivity (Wildman–Crippen MR) is 311 cm³/mol. The molecule has 0 radical (unpaired) electrons. The lowest BCUT2D eigenvalue weighted by molar-refractivity contribution is -0.136. The van der Waals surface area contributed by atoms with Gasteiger partial charge in [0.05, 0.1) is 6.04 Å². The summed E-state index contributed by atoms with van der Waals surface area (Å²) in [7, 11) is 0.0151. The van der Waals surface area contributed by atoms with E-state index in [-0.39, 0.29) is 61.9 Å². The smallest absolute Gasteiger partial charge is 0.445 e. The molecule has 0 saturated carbocycles. The molecule has 0 aliphatic heterocycles. The van der Waals surface area contributed by atoms with Crippen molar-refractivity contribution in [2.24, 2.45) is 0 Å². The fourth-order valence-electron chi connectivity index (χ4n) is 7.47. The van der Waals surface area contributed by atoms with Crippen molar-refractivity contribution in [3.8, 4) is 0 Å². The number of carbonyl (C=O) groups is 8. The Hall–Kier alpha value is -9.54. The van der Waals surface area contributed by atoms with Crippen LogP contribution in [0.3, 0.4) is 0 Å². The van der Waals surface area contributed by atoms with E-state index in [1.807, 2.05) is 153 Å². The average molecular weight is 1120 g/mol. The number of amides is 8. The van der Waals surface area contributed by atoms with E-state index in [0.29, 0.717) is 5.69 Å². The van der Waals surface area contributed by atoms with Gasteiger partial charge in [-0.3, -0.25) is 24.0 Å². The molecule has 0 aliphatic carbocycles. The summed E-state index contributed by atoms with van der Waals surface area (Å²) in [6.45, 7) is 8.36. The van der Waals surface area contributed by atoms with E-state index < -0.39 is 61.2 Å². The first kappa shape index (κ1) is 65.0. The lowest BCUT2D eigenvalue weighted by Crippen LogP contribution is -2.49. The molecule has 6 rings (SSSR count). The van der Waals surface area contributed by atoms with E-state index in [9.17, 15) is 48.4 Å². The highest BCUT2D eigenvalue weighted by Crippen LogP contribution is 2.23. The Morgan fingerprint density at radius 1 is 0.488 bits per heavy atom. The maximum absolute atomic E-state index is 12.7. The number of aryl methyl sites for hydroxylation is 1. The van der Waals surface area contributed by atoms with Crippen LogP contribution in [0, 0.1) is 6.92 Å². The Bertz CT molecular complexity index is 2980. The Balaban J connectivity index is 0.000000265. The summed E-state index contributed by atoms with van der Waals surface area (Å²) >= 11 is 0. The molecule has 9 N–H and O–H groups in total. The highest BCUT2D eigenvalue weighted by atomic mass is 16.6. The second kappa shape index (κ2) is 35.2. The van der Waals surface area contributed by atoms with Crippen molar-refractivity contribution in [2.75, 3.05) is 30.8 Å². The number of carbonyl (C=O) groups excluding carboxylic acids is 8. The normalized spacial score (nSPS) is 11.7. The number of alkyl carbamates (subject to hydrolysis) is 3. The second-order valence-corrected chi connectivity index (χ2v) is 18.4. The summed E-state index contributed by atoms with van der Waals surface area (Å²) < 4.78 is 15.1. The summed E-state index contributed by atoms with van der Waals surface area (Å²) in [5.41, 5.74) is 5.60. The molecule has 8 amide bonds. The zero-order valence-corrected chi connectivity index (χ0v) is 46.6. The topological polar surface area (TPSA) is 292 Å². The minimum absolute atomic E-state index is 0.0795. The number of benzene rings is 6. The first-order chi connectivity index (χ1) is 39.3. The van der Waals surface area contributed by atoms with Crippen LogP contribution in [0.5, 0.6) is 0 Å². The van der Waals surface area contributed by atoms with E-state index in [4.69, 9.17) is 14.2 Å². The van der Waals surface area contributed by atoms with Crippen molar-refractivity contribution < 1.29 is 62.6 Å². The number of hydrogen-bond acceptors (Lipinski definition) is 13. The minimum atomic E-state index is -1.71. The number of para-hydroxylation sites is 2. The number of rotatable bonds is 22. The van der Waals surface area contributed by atoms with E-state index in [1.165, 1.54) is 19.1 Å². The standard InChI is InChI=1S/C23H29N3O4.C20H23N3O4.C17H19BN2O5/c1-4-20(19-13-9-6-10-14-19)26(3)22(28)17(2)25-21(27)15-24-23(29)30-16-18-11-7-5-8-12-18;1-14-8-6-7-11-17(14)23-19(25)15(2)22-18(24)12-21-20(26)27-13-16-9-4-3-5-10-16;1-12(19-17(22)25-11-13-7-3-2-4-8-13)16(21)20-15-10-6-5-9-14(15)18(23)24/h5-14,17,20H,4,15-16H2,1-3H3,(H,24,29)(H,25,27);3-11,15H,12-13H2,1-2H3,(H,21,26)(H,22,24)(H,23,25);2-10,12,23-24H,11H2,1H3,(H,19,22)(H,20,21)/t17-,20?;15-;12-/m000/s1. The number of hydrogen-bond donors (Lipinski definition) is 9. The molecule has 0 saturated heterocycles. The number of anilines is 2. The maximum atomic E-state index is 12.7. The van der Waals surface area contributed by atoms with Crippen LogP contribution < -0.4 is 42.7 Å². The van der Waals surface area contributed by atoms with Gasteiger partial charge in [0.25, 0.3) is 0 Å². The van der Waals surface area contributed by atoms with Crippen LogP contribution in [0.25, 0.3) is 0 Å². The van der Waals surface area contributed by atoms with Gasteiger partial charge in [-0.2, -0.15) is 0 Å². The van der Waals surface area contributed by atoms with Gasteiger partial charge in [-0.1, -0.05) is 165 Å². The first-order valence-electron chi connectivity index (χ1n) is 26.2. The molecule has 4 atom stereocenters. The maximum Gasteiger partial charge on any atom is 0.490 e. The van der Waals surface area contributed by atoms with E-state index >= 15 is 0 Å². The summed E-state index contributed by atoms with van der Waals surface area (Å²) in [6.07, 6.45) is -1.37. The van der Waals surface area contributed by atoms with Gasteiger partial charge in [0, 0.05) is 23.9 Å². The van der Waals surface area contributed by atoms with Gasteiger partial charge in [-0.15, -0.1) is 0 Å². The molecule has 0 aromatic heterocycles. The Labute approximate surface area is 477 Å². The van der Waals surface area contributed by atoms with E-state index in [0.717, 1.165) is 34.2 Å². The monoisotopic (exact) mass is 1120 g/mol. The van der Waals surface area contributed by atoms with Crippen LogP contribution in [0.2, 0.25) is 0 Å². The molecule has 6 aromatic rings. The molecular formula is C60H71BN8O13. The Morgan fingerprint density at radius 3 is 1.32 bits per heavy atom. The largest absolute Gasteiger partial charge is 0.490 e. The van der Waals surface area contributed by atoms with Gasteiger partial charge in [0.1, 0.15) is 51.0 Å². The van der Waals surface area contributed by atoms with Gasteiger partial charge in [-0.05, 0) is 74.1 Å². The second-order valence-electron chi connectivity index (χ2n) is 18.4. The molecular weight excluding hydrogens is 1050 g/mol. The highest BCUT2D eigenvalue weighted by molar-refractivity contribution is 6.60. The molecule has 82 heavy (non-hydrogen) atoms. The number of likely N-dealkylation sites (N-methyl/N-ethyl adjacent to an activating group) is 1. The first-order valence-corrected chi connectivity index (χ1v) is 26.2. The minimum Gasteiger partial charge on any atom is -0.445 e. The van der Waals surface area contributed by atoms with Crippen molar-refractivity contribution in [3.05, 3.63) is 198 Å². The Morgan fingerprint density at radius 2 is 0.866 bits per heavy atom. The third kappa shape index (κ3) is 23.8. The number of nitrogens with one attached hydrogen (secondary N) is 7. The van der Waals surface area contributed by atoms with Crippen LogP contribution in [0.15, 0.2) is 170 Å². The van der Waals surface area contributed by atoms with Gasteiger partial charge < -0.3 is 66.4 Å². The highest BCUT2D eigenvalue weighted by Gasteiger charge is 2.26. The molecule has 0 aliphatic rings. The van der Waals surface area contributed by atoms with Gasteiger partial charge in [-0.25, -0.2) is 14.4 Å². The predicted octanol–water partition coefficient (Wildman–Crippen LogP) is 6.01. The zero-order valence-electron chi connectivity index (χ0n) is 46.6. The summed E-state index contributed by atoms with van der Waals surface area (Å²) in [4.78, 5) is 97.8. The van der Waals surface area contributed by atoms with Gasteiger partial charge in [0.2, 0.25) is 29.5 Å². The van der Waals surface area contributed by atoms with Crippen molar-refractivity contribution in [1.82, 2.24) is 31.5 Å². The molecule has 0 spiro atoms. The Kier molecular flexibility index (Phi) is 27.9. The summed E-state index contributed by atoms with van der Waals surface area (Å²) in [6, 6.07) is 48.6. The van der Waals surface area contributed by atoms with Crippen LogP contribution in [0.1, 0.15) is 68.0 Å². The summed E-state index contributed by atoms with van der Waals surface area (Å²) in [5, 5.41) is 36.2. The van der Waals surface area contributed by atoms with Crippen molar-refractivity contribution >= 4 is 71.8 Å². The van der Waals surface area contributed by atoms with E-state index in [1.54, 1.807) is 44.0 Å². The van der Waals surface area contributed by atoms with Crippen molar-refractivity contribution in [2.45, 2.75) is 85.0 Å². The SMILES string of the molecule is CCC(c1ccccc1)N(C)C(=O)[C@H](C)NC(=O)CNC(=O)OCc1ccccc1.C[C@H](NC(=O)OCc1ccccc1)C(=O)Nc1ccccc1B(O)O.Cc1ccccc1NC(=O)[C@H](C)NC(=O)CNC(=O)OCc1ccccc1. The fraction of sp³-hybridized carbons (Fsp3) is 0.267. The molecule has 6 aromatic carbocycles. The molecule has 0 bridgehead atoms. The third-order valence-electron chi connectivity index (χ3n) is 12.0. The van der Waals surface area contributed by atoms with Gasteiger partial charge >= 0.3 is 25.4 Å². The van der Waals surface area contributed by atoms with E-state index in [2.05, 4.69) is 37.2 Å². The van der Waals surface area contributed by atoms with Crippen LogP contribution in [-0.4, -0.2) is 108 Å². The molecule has 21 nitrogen and oxygen atoms in total. The lowest BCUT2D eigenvalue weighted by atomic mass is 9.79. The third-order valence-corrected chi connectivity index (χ3v) is 12.0. The number of nitrogens with zero attached hydrogens (tertiary/aromatic N) is 1. The van der Waals surface area contributed by atoms with Crippen LogP contribution >= 0.6 is 0 Å². The van der Waals surface area contributed by atoms with Crippen molar-refractivity contribution in [3.63, 3.8) is 0 Å². The molecule has 432 valence electrons. The lowest BCUT2D eigenvalue weighted by Gasteiger charge is -2.30. The molecule has 22 heteroatoms. The average Bonchev–Trinajstić information content (AvgIpc) is 3.55. The fourth-order valence-corrected chi connectivity index (χ4v) is 7.47. The quantitative estimate of drug-likeness (QED) is 0.0278. The summed E-state index contributed by atoms with van der Waals surface area (Å²) in [5.74, 6) is -2.01. The molecule has 1 unspecified atom stereocenters. The van der Waals surface area contributed by atoms with Crippen LogP contribution in [0.4, 0.5) is 25.8 Å². The van der Waals surface area contributed by atoms with Gasteiger partial charge in [0.15, 0.2) is 0 Å². The van der Waals surface area contributed by atoms with Crippen molar-refractivity contribution in [1.29, 1.82) is 0 Å².